The monoisotopic (exact) mass is 257 g/mol. The van der Waals surface area contributed by atoms with Crippen LogP contribution in [-0.2, 0) is 4.79 Å². The van der Waals surface area contributed by atoms with Crippen LogP contribution in [0.15, 0.2) is 0 Å². The Labute approximate surface area is 109 Å². The van der Waals surface area contributed by atoms with Crippen molar-refractivity contribution in [3.63, 3.8) is 0 Å². The molecule has 0 radical (unpaired) electrons. The highest BCUT2D eigenvalue weighted by Gasteiger charge is 2.31. The highest BCUT2D eigenvalue weighted by atomic mass is 32.1. The average Bonchev–Trinajstić information content (AvgIpc) is 3.01. The fourth-order valence-electron chi connectivity index (χ4n) is 1.93. The van der Waals surface area contributed by atoms with Crippen molar-refractivity contribution < 1.29 is 4.79 Å². The van der Waals surface area contributed by atoms with Crippen molar-refractivity contribution >= 4 is 23.1 Å². The van der Waals surface area contributed by atoms with E-state index in [1.807, 2.05) is 30.7 Å². The van der Waals surface area contributed by atoms with Crippen LogP contribution < -0.4 is 5.73 Å². The molecule has 1 aliphatic rings. The number of hydrogen-bond acceptors (Lipinski definition) is 3. The zero-order valence-electron chi connectivity index (χ0n) is 11.0. The Morgan fingerprint density at radius 2 is 2.12 bits per heavy atom. The fourth-order valence-corrected chi connectivity index (χ4v) is 2.17. The maximum Gasteiger partial charge on any atom is 0.236 e. The molecular formula is C12H23N3OS. The van der Waals surface area contributed by atoms with Crippen LogP contribution in [0.1, 0.15) is 33.1 Å². The maximum atomic E-state index is 12.1. The maximum absolute atomic E-state index is 12.1. The molecule has 1 atom stereocenters. The topological polar surface area (TPSA) is 49.6 Å². The zero-order chi connectivity index (χ0) is 13.0. The van der Waals surface area contributed by atoms with Gasteiger partial charge in [0.05, 0.1) is 11.5 Å². The van der Waals surface area contributed by atoms with Gasteiger partial charge < -0.3 is 10.6 Å². The number of thiocarbonyl (C=S) groups is 1. The van der Waals surface area contributed by atoms with E-state index in [1.165, 1.54) is 0 Å². The number of rotatable bonds is 7. The van der Waals surface area contributed by atoms with Crippen LogP contribution in [0.2, 0.25) is 0 Å². The Hall–Kier alpha value is -0.680. The fraction of sp³-hybridized carbons (Fsp3) is 0.833. The van der Waals surface area contributed by atoms with Crippen LogP contribution in [0.5, 0.6) is 0 Å². The van der Waals surface area contributed by atoms with E-state index in [4.69, 9.17) is 18.0 Å². The summed E-state index contributed by atoms with van der Waals surface area (Å²) in [7, 11) is 1.95. The summed E-state index contributed by atoms with van der Waals surface area (Å²) in [5.41, 5.74) is 5.52. The first kappa shape index (κ1) is 14.4. The molecular weight excluding hydrogens is 234 g/mol. The number of carbonyl (C=O) groups excluding carboxylic acids is 1. The normalized spacial score (nSPS) is 16.9. The molecule has 1 fully saturated rings. The van der Waals surface area contributed by atoms with E-state index in [0.29, 0.717) is 24.0 Å². The predicted octanol–water partition coefficient (Wildman–Crippen LogP) is 0.994. The molecule has 5 heteroatoms. The van der Waals surface area contributed by atoms with Gasteiger partial charge in [-0.1, -0.05) is 12.2 Å². The number of nitrogens with two attached hydrogens (primary N) is 1. The van der Waals surface area contributed by atoms with Crippen LogP contribution in [-0.4, -0.2) is 52.9 Å². The molecule has 1 amide bonds. The molecule has 1 rings (SSSR count). The molecule has 4 nitrogen and oxygen atoms in total. The van der Waals surface area contributed by atoms with E-state index < -0.39 is 0 Å². The van der Waals surface area contributed by atoms with Gasteiger partial charge in [-0.3, -0.25) is 9.69 Å². The first-order valence-corrected chi connectivity index (χ1v) is 6.64. The average molecular weight is 257 g/mol. The van der Waals surface area contributed by atoms with E-state index in [9.17, 15) is 4.79 Å². The second-order valence-electron chi connectivity index (χ2n) is 4.85. The molecule has 0 saturated heterocycles. The van der Waals surface area contributed by atoms with Gasteiger partial charge in [-0.05, 0) is 33.7 Å². The molecule has 98 valence electrons. The molecule has 0 bridgehead atoms. The van der Waals surface area contributed by atoms with Gasteiger partial charge in [0.2, 0.25) is 5.91 Å². The number of hydrogen-bond donors (Lipinski definition) is 1. The third-order valence-electron chi connectivity index (χ3n) is 3.28. The molecule has 0 heterocycles. The van der Waals surface area contributed by atoms with Gasteiger partial charge >= 0.3 is 0 Å². The van der Waals surface area contributed by atoms with Gasteiger partial charge in [0.15, 0.2) is 0 Å². The molecule has 0 aromatic heterocycles. The minimum atomic E-state index is 0.215. The largest absolute Gasteiger partial charge is 0.393 e. The zero-order valence-corrected chi connectivity index (χ0v) is 11.8. The van der Waals surface area contributed by atoms with Crippen molar-refractivity contribution in [3.05, 3.63) is 0 Å². The van der Waals surface area contributed by atoms with Crippen molar-refractivity contribution in [3.8, 4) is 0 Å². The van der Waals surface area contributed by atoms with Crippen LogP contribution in [0.25, 0.3) is 0 Å². The van der Waals surface area contributed by atoms with Crippen molar-refractivity contribution in [1.82, 2.24) is 9.80 Å². The first-order valence-electron chi connectivity index (χ1n) is 6.23. The molecule has 1 aliphatic carbocycles. The number of likely N-dealkylation sites (N-methyl/N-ethyl adjacent to an activating group) is 2. The molecule has 0 aromatic rings. The lowest BCUT2D eigenvalue weighted by Gasteiger charge is -2.27. The van der Waals surface area contributed by atoms with Gasteiger partial charge in [0.1, 0.15) is 0 Å². The summed E-state index contributed by atoms with van der Waals surface area (Å²) in [6.07, 6.45) is 2.98. The number of amides is 1. The Bertz CT molecular complexity index is 291. The number of nitrogens with zero attached hydrogens (tertiary/aromatic N) is 2. The van der Waals surface area contributed by atoms with Gasteiger partial charge in [-0.25, -0.2) is 0 Å². The van der Waals surface area contributed by atoms with E-state index >= 15 is 0 Å². The summed E-state index contributed by atoms with van der Waals surface area (Å²) in [6, 6.07) is 0.709. The standard InChI is InChI=1S/C12H23N3OS/c1-4-15(10-5-6-10)12(16)8-14(3)9(2)7-11(13)17/h9-10H,4-8H2,1-3H3,(H2,13,17). The minimum absolute atomic E-state index is 0.215. The summed E-state index contributed by atoms with van der Waals surface area (Å²) < 4.78 is 0. The highest BCUT2D eigenvalue weighted by molar-refractivity contribution is 7.80. The molecule has 0 aromatic carbocycles. The van der Waals surface area contributed by atoms with Gasteiger partial charge in [0.25, 0.3) is 0 Å². The minimum Gasteiger partial charge on any atom is -0.393 e. The highest BCUT2D eigenvalue weighted by Crippen LogP contribution is 2.26. The van der Waals surface area contributed by atoms with Crippen molar-refractivity contribution in [1.29, 1.82) is 0 Å². The second-order valence-corrected chi connectivity index (χ2v) is 5.37. The summed E-state index contributed by atoms with van der Waals surface area (Å²) >= 11 is 4.89. The van der Waals surface area contributed by atoms with Gasteiger partial charge in [-0.2, -0.15) is 0 Å². The van der Waals surface area contributed by atoms with Crippen LogP contribution in [0.4, 0.5) is 0 Å². The van der Waals surface area contributed by atoms with Gasteiger partial charge in [0, 0.05) is 25.0 Å². The van der Waals surface area contributed by atoms with Crippen LogP contribution in [0.3, 0.4) is 0 Å². The molecule has 1 unspecified atom stereocenters. The van der Waals surface area contributed by atoms with E-state index in [0.717, 1.165) is 19.4 Å². The van der Waals surface area contributed by atoms with E-state index in [1.54, 1.807) is 0 Å². The van der Waals surface area contributed by atoms with E-state index in [2.05, 4.69) is 0 Å². The molecule has 17 heavy (non-hydrogen) atoms. The Morgan fingerprint density at radius 1 is 1.53 bits per heavy atom. The quantitative estimate of drug-likeness (QED) is 0.691. The third kappa shape index (κ3) is 4.60. The first-order chi connectivity index (χ1) is 7.95. The van der Waals surface area contributed by atoms with Crippen molar-refractivity contribution in [2.24, 2.45) is 5.73 Å². The van der Waals surface area contributed by atoms with Crippen molar-refractivity contribution in [2.45, 2.75) is 45.2 Å². The smallest absolute Gasteiger partial charge is 0.236 e. The van der Waals surface area contributed by atoms with Crippen LogP contribution >= 0.6 is 12.2 Å². The Morgan fingerprint density at radius 3 is 2.53 bits per heavy atom. The van der Waals surface area contributed by atoms with Gasteiger partial charge in [-0.15, -0.1) is 0 Å². The molecule has 0 aliphatic heterocycles. The number of carbonyl (C=O) groups is 1. The summed E-state index contributed by atoms with van der Waals surface area (Å²) in [5.74, 6) is 0.215. The summed E-state index contributed by atoms with van der Waals surface area (Å²) in [5, 5.41) is 0. The lowest BCUT2D eigenvalue weighted by Crippen LogP contribution is -2.43. The Balaban J connectivity index is 2.40. The molecule has 1 saturated carbocycles. The Kier molecular flexibility index (Phi) is 5.33. The summed E-state index contributed by atoms with van der Waals surface area (Å²) in [6.45, 7) is 5.34. The molecule has 0 spiro atoms. The lowest BCUT2D eigenvalue weighted by atomic mass is 10.2. The third-order valence-corrected chi connectivity index (χ3v) is 3.45. The predicted molar refractivity (Wildman–Crippen MR) is 73.9 cm³/mol. The van der Waals surface area contributed by atoms with E-state index in [-0.39, 0.29) is 11.9 Å². The summed E-state index contributed by atoms with van der Waals surface area (Å²) in [4.78, 5) is 16.6. The SMILES string of the molecule is CCN(C(=O)CN(C)C(C)CC(N)=S)C1CC1. The lowest BCUT2D eigenvalue weighted by molar-refractivity contribution is -0.132. The van der Waals surface area contributed by atoms with Crippen LogP contribution in [0, 0.1) is 0 Å². The second kappa shape index (κ2) is 6.31. The molecule has 2 N–H and O–H groups in total. The van der Waals surface area contributed by atoms with Crippen molar-refractivity contribution in [2.75, 3.05) is 20.1 Å².